The van der Waals surface area contributed by atoms with E-state index >= 15 is 0 Å². The Labute approximate surface area is 196 Å². The maximum Gasteiger partial charge on any atom is 0.225 e. The van der Waals surface area contributed by atoms with Gasteiger partial charge < -0.3 is 15.0 Å². The Morgan fingerprint density at radius 3 is 2.09 bits per heavy atom. The minimum atomic E-state index is 0.0558. The van der Waals surface area contributed by atoms with Crippen molar-refractivity contribution in [2.24, 2.45) is 0 Å². The summed E-state index contributed by atoms with van der Waals surface area (Å²) in [7, 11) is 0. The van der Waals surface area contributed by atoms with Crippen molar-refractivity contribution < 1.29 is 9.53 Å². The summed E-state index contributed by atoms with van der Waals surface area (Å²) in [6.07, 6.45) is 0.502. The predicted molar refractivity (Wildman–Crippen MR) is 133 cm³/mol. The van der Waals surface area contributed by atoms with E-state index in [1.54, 1.807) is 0 Å². The summed E-state index contributed by atoms with van der Waals surface area (Å²) >= 11 is 0. The topological polar surface area (TPSA) is 44.8 Å². The number of nitrogens with one attached hydrogen (secondary N) is 1. The molecule has 0 atom stereocenters. The summed E-state index contributed by atoms with van der Waals surface area (Å²) in [6.45, 7) is 7.37. The molecule has 0 unspecified atom stereocenters. The fourth-order valence-electron chi connectivity index (χ4n) is 5.05. The first-order valence-electron chi connectivity index (χ1n) is 11.9. The number of anilines is 1. The van der Waals surface area contributed by atoms with Crippen molar-refractivity contribution >= 4 is 11.6 Å². The van der Waals surface area contributed by atoms with Gasteiger partial charge in [-0.15, -0.1) is 0 Å². The highest BCUT2D eigenvalue weighted by atomic mass is 16.5. The van der Waals surface area contributed by atoms with Crippen LogP contribution in [0.15, 0.2) is 72.8 Å². The van der Waals surface area contributed by atoms with Crippen molar-refractivity contribution in [2.45, 2.75) is 19.4 Å². The SMILES string of the molecule is CCOc1ccc(NC(=O)CCN2CCN(C3c4ccccc4-c4ccccc43)CC2)cc1. The van der Waals surface area contributed by atoms with Crippen LogP contribution in [-0.2, 0) is 4.79 Å². The van der Waals surface area contributed by atoms with Crippen LogP contribution < -0.4 is 10.1 Å². The van der Waals surface area contributed by atoms with Crippen LogP contribution in [0.25, 0.3) is 11.1 Å². The van der Waals surface area contributed by atoms with Gasteiger partial charge in [0.15, 0.2) is 0 Å². The highest BCUT2D eigenvalue weighted by Gasteiger charge is 2.34. The maximum absolute atomic E-state index is 12.4. The van der Waals surface area contributed by atoms with E-state index < -0.39 is 0 Å². The summed E-state index contributed by atoms with van der Waals surface area (Å²) in [5.41, 5.74) is 6.38. The molecule has 1 N–H and O–H groups in total. The molecule has 3 aromatic rings. The summed E-state index contributed by atoms with van der Waals surface area (Å²) in [4.78, 5) is 17.4. The Balaban J connectivity index is 1.14. The molecule has 3 aromatic carbocycles. The van der Waals surface area contributed by atoms with Crippen molar-refractivity contribution in [2.75, 3.05) is 44.6 Å². The predicted octanol–water partition coefficient (Wildman–Crippen LogP) is 4.80. The van der Waals surface area contributed by atoms with E-state index in [0.29, 0.717) is 19.1 Å². The Kier molecular flexibility index (Phi) is 6.42. The Morgan fingerprint density at radius 1 is 0.879 bits per heavy atom. The van der Waals surface area contributed by atoms with Gasteiger partial charge in [0.2, 0.25) is 5.91 Å². The molecule has 2 aliphatic rings. The van der Waals surface area contributed by atoms with E-state index in [-0.39, 0.29) is 5.91 Å². The zero-order chi connectivity index (χ0) is 22.6. The molecule has 1 amide bonds. The van der Waals surface area contributed by atoms with Crippen LogP contribution in [0.2, 0.25) is 0 Å². The molecule has 0 saturated carbocycles. The fourth-order valence-corrected chi connectivity index (χ4v) is 5.05. The number of amides is 1. The van der Waals surface area contributed by atoms with Crippen LogP contribution in [0, 0.1) is 0 Å². The average molecular weight is 442 g/mol. The molecule has 5 heteroatoms. The second-order valence-corrected chi connectivity index (χ2v) is 8.71. The molecule has 170 valence electrons. The number of rotatable bonds is 7. The summed E-state index contributed by atoms with van der Waals surface area (Å²) in [5, 5.41) is 2.99. The third-order valence-electron chi connectivity index (χ3n) is 6.68. The maximum atomic E-state index is 12.4. The van der Waals surface area contributed by atoms with E-state index in [4.69, 9.17) is 4.74 Å². The van der Waals surface area contributed by atoms with Gasteiger partial charge in [-0.2, -0.15) is 0 Å². The van der Waals surface area contributed by atoms with Gasteiger partial charge in [-0.25, -0.2) is 0 Å². The lowest BCUT2D eigenvalue weighted by Crippen LogP contribution is -2.48. The second-order valence-electron chi connectivity index (χ2n) is 8.71. The van der Waals surface area contributed by atoms with Crippen molar-refractivity contribution in [1.29, 1.82) is 0 Å². The Morgan fingerprint density at radius 2 is 1.48 bits per heavy atom. The number of fused-ring (bicyclic) bond motifs is 3. The number of hydrogen-bond acceptors (Lipinski definition) is 4. The number of piperazine rings is 1. The monoisotopic (exact) mass is 441 g/mol. The minimum absolute atomic E-state index is 0.0558. The molecule has 1 aliphatic heterocycles. The van der Waals surface area contributed by atoms with Crippen LogP contribution in [0.1, 0.15) is 30.5 Å². The molecular formula is C28H31N3O2. The first-order valence-corrected chi connectivity index (χ1v) is 11.9. The van der Waals surface area contributed by atoms with Gasteiger partial charge in [0.05, 0.1) is 12.6 Å². The smallest absolute Gasteiger partial charge is 0.225 e. The molecule has 1 heterocycles. The lowest BCUT2D eigenvalue weighted by Gasteiger charge is -2.38. The standard InChI is InChI=1S/C28H31N3O2/c1-2-33-22-13-11-21(12-14-22)29-27(32)15-16-30-17-19-31(20-18-30)28-25-9-5-3-7-23(25)24-8-4-6-10-26(24)28/h3-14,28H,2,15-20H2,1H3,(H,29,32). The summed E-state index contributed by atoms with van der Waals surface area (Å²) in [5.74, 6) is 0.876. The van der Waals surface area contributed by atoms with Gasteiger partial charge in [0, 0.05) is 44.8 Å². The van der Waals surface area contributed by atoms with Gasteiger partial charge in [-0.3, -0.25) is 9.69 Å². The molecule has 0 radical (unpaired) electrons. The van der Waals surface area contributed by atoms with Crippen molar-refractivity contribution in [3.8, 4) is 16.9 Å². The number of benzene rings is 3. The van der Waals surface area contributed by atoms with E-state index in [1.165, 1.54) is 22.3 Å². The third kappa shape index (κ3) is 4.65. The Hall–Kier alpha value is -3.15. The van der Waals surface area contributed by atoms with Crippen molar-refractivity contribution in [3.63, 3.8) is 0 Å². The number of nitrogens with zero attached hydrogens (tertiary/aromatic N) is 2. The second kappa shape index (κ2) is 9.77. The number of hydrogen-bond donors (Lipinski definition) is 1. The highest BCUT2D eigenvalue weighted by Crippen LogP contribution is 2.46. The van der Waals surface area contributed by atoms with Gasteiger partial charge >= 0.3 is 0 Å². The molecule has 0 bridgehead atoms. The molecule has 1 fully saturated rings. The quantitative estimate of drug-likeness (QED) is 0.572. The molecule has 5 rings (SSSR count). The normalized spacial score (nSPS) is 16.3. The molecule has 5 nitrogen and oxygen atoms in total. The van der Waals surface area contributed by atoms with Gasteiger partial charge in [-0.1, -0.05) is 48.5 Å². The average Bonchev–Trinajstić information content (AvgIpc) is 3.19. The number of carbonyl (C=O) groups is 1. The van der Waals surface area contributed by atoms with E-state index in [2.05, 4.69) is 63.6 Å². The van der Waals surface area contributed by atoms with E-state index in [9.17, 15) is 4.79 Å². The van der Waals surface area contributed by atoms with Crippen LogP contribution >= 0.6 is 0 Å². The highest BCUT2D eigenvalue weighted by molar-refractivity contribution is 5.90. The molecule has 0 aromatic heterocycles. The lowest BCUT2D eigenvalue weighted by atomic mass is 10.0. The third-order valence-corrected chi connectivity index (χ3v) is 6.68. The first kappa shape index (κ1) is 21.7. The van der Waals surface area contributed by atoms with Crippen LogP contribution in [-0.4, -0.2) is 55.0 Å². The van der Waals surface area contributed by atoms with Crippen molar-refractivity contribution in [3.05, 3.63) is 83.9 Å². The zero-order valence-corrected chi connectivity index (χ0v) is 19.2. The summed E-state index contributed by atoms with van der Waals surface area (Å²) < 4.78 is 5.45. The van der Waals surface area contributed by atoms with Crippen LogP contribution in [0.3, 0.4) is 0 Å². The summed E-state index contributed by atoms with van der Waals surface area (Å²) in [6, 6.07) is 25.5. The van der Waals surface area contributed by atoms with Crippen molar-refractivity contribution in [1.82, 2.24) is 9.80 Å². The van der Waals surface area contributed by atoms with Crippen LogP contribution in [0.5, 0.6) is 5.75 Å². The van der Waals surface area contributed by atoms with E-state index in [0.717, 1.165) is 44.2 Å². The fraction of sp³-hybridized carbons (Fsp3) is 0.321. The molecule has 1 aliphatic carbocycles. The molecular weight excluding hydrogens is 410 g/mol. The van der Waals surface area contributed by atoms with E-state index in [1.807, 2.05) is 31.2 Å². The van der Waals surface area contributed by atoms with Gasteiger partial charge in [0.1, 0.15) is 5.75 Å². The van der Waals surface area contributed by atoms with Crippen LogP contribution in [0.4, 0.5) is 5.69 Å². The molecule has 33 heavy (non-hydrogen) atoms. The molecule has 0 spiro atoms. The first-order chi connectivity index (χ1) is 16.2. The largest absolute Gasteiger partial charge is 0.494 e. The number of carbonyl (C=O) groups excluding carboxylic acids is 1. The lowest BCUT2D eigenvalue weighted by molar-refractivity contribution is -0.116. The van der Waals surface area contributed by atoms with Gasteiger partial charge in [-0.05, 0) is 53.4 Å². The zero-order valence-electron chi connectivity index (χ0n) is 19.2. The Bertz CT molecular complexity index is 1060. The minimum Gasteiger partial charge on any atom is -0.494 e. The molecule has 1 saturated heterocycles. The number of ether oxygens (including phenoxy) is 1. The van der Waals surface area contributed by atoms with Gasteiger partial charge in [0.25, 0.3) is 0 Å².